The van der Waals surface area contributed by atoms with Gasteiger partial charge in [-0.3, -0.25) is 9.48 Å². The monoisotopic (exact) mass is 345 g/mol. The van der Waals surface area contributed by atoms with Crippen molar-refractivity contribution >= 4 is 12.0 Å². The van der Waals surface area contributed by atoms with E-state index in [-0.39, 0.29) is 11.9 Å². The zero-order valence-electron chi connectivity index (χ0n) is 15.3. The van der Waals surface area contributed by atoms with Crippen LogP contribution in [0.5, 0.6) is 0 Å². The second-order valence-corrected chi connectivity index (χ2v) is 6.36. The topological polar surface area (TPSA) is 46.9 Å². The summed E-state index contributed by atoms with van der Waals surface area (Å²) in [4.78, 5) is 12.2. The van der Waals surface area contributed by atoms with Crippen molar-refractivity contribution in [3.05, 3.63) is 83.7 Å². The highest BCUT2D eigenvalue weighted by atomic mass is 16.1. The van der Waals surface area contributed by atoms with Crippen LogP contribution in [0.1, 0.15) is 29.8 Å². The molecule has 3 rings (SSSR count). The third-order valence-electron chi connectivity index (χ3n) is 4.52. The van der Waals surface area contributed by atoms with Crippen LogP contribution in [0.15, 0.2) is 66.9 Å². The average molecular weight is 345 g/mol. The van der Waals surface area contributed by atoms with Crippen molar-refractivity contribution in [2.75, 3.05) is 0 Å². The first-order chi connectivity index (χ1) is 12.5. The third-order valence-corrected chi connectivity index (χ3v) is 4.52. The van der Waals surface area contributed by atoms with Gasteiger partial charge in [0.2, 0.25) is 5.91 Å². The van der Waals surface area contributed by atoms with Gasteiger partial charge in [0.1, 0.15) is 0 Å². The number of carbonyl (C=O) groups is 1. The number of carbonyl (C=O) groups excluding carboxylic acids is 1. The van der Waals surface area contributed by atoms with Crippen molar-refractivity contribution in [2.24, 2.45) is 7.05 Å². The Labute approximate surface area is 154 Å². The van der Waals surface area contributed by atoms with Gasteiger partial charge < -0.3 is 5.32 Å². The molecular weight excluding hydrogens is 322 g/mol. The van der Waals surface area contributed by atoms with Crippen molar-refractivity contribution in [1.82, 2.24) is 15.1 Å². The Balaban J connectivity index is 1.68. The standard InChI is InChI=1S/C22H23N3O/c1-16(21-15-23-25(3)17(21)2)24-22(26)13-12-18-8-7-11-20(14-18)19-9-5-4-6-10-19/h4-16H,1-3H3,(H,24,26). The lowest BCUT2D eigenvalue weighted by atomic mass is 10.0. The molecule has 26 heavy (non-hydrogen) atoms. The minimum Gasteiger partial charge on any atom is -0.346 e. The third kappa shape index (κ3) is 4.09. The van der Waals surface area contributed by atoms with Gasteiger partial charge in [0.15, 0.2) is 0 Å². The molecule has 0 saturated heterocycles. The second-order valence-electron chi connectivity index (χ2n) is 6.36. The summed E-state index contributed by atoms with van der Waals surface area (Å²) < 4.78 is 1.81. The minimum absolute atomic E-state index is 0.0866. The Morgan fingerprint density at radius 1 is 1.12 bits per heavy atom. The lowest BCUT2D eigenvalue weighted by molar-refractivity contribution is -0.117. The summed E-state index contributed by atoms with van der Waals surface area (Å²) in [6, 6.07) is 18.3. The van der Waals surface area contributed by atoms with Gasteiger partial charge in [-0.05, 0) is 42.7 Å². The van der Waals surface area contributed by atoms with Crippen LogP contribution in [0, 0.1) is 6.92 Å². The molecule has 1 N–H and O–H groups in total. The van der Waals surface area contributed by atoms with Gasteiger partial charge in [0, 0.05) is 24.4 Å². The highest BCUT2D eigenvalue weighted by Crippen LogP contribution is 2.20. The molecule has 0 saturated carbocycles. The predicted octanol–water partition coefficient (Wildman–Crippen LogP) is 4.29. The number of benzene rings is 2. The van der Waals surface area contributed by atoms with E-state index in [2.05, 4.69) is 34.7 Å². The van der Waals surface area contributed by atoms with Crippen LogP contribution in [0.2, 0.25) is 0 Å². The lowest BCUT2D eigenvalue weighted by Crippen LogP contribution is -2.24. The first-order valence-electron chi connectivity index (χ1n) is 8.67. The molecule has 0 aliphatic heterocycles. The Bertz CT molecular complexity index is 926. The van der Waals surface area contributed by atoms with Gasteiger partial charge in [-0.1, -0.05) is 48.5 Å². The number of hydrogen-bond donors (Lipinski definition) is 1. The summed E-state index contributed by atoms with van der Waals surface area (Å²) in [6.07, 6.45) is 5.21. The van der Waals surface area contributed by atoms with Gasteiger partial charge in [-0.25, -0.2) is 0 Å². The van der Waals surface area contributed by atoms with Crippen LogP contribution in [0.4, 0.5) is 0 Å². The zero-order chi connectivity index (χ0) is 18.5. The van der Waals surface area contributed by atoms with Crippen LogP contribution in [-0.4, -0.2) is 15.7 Å². The van der Waals surface area contributed by atoms with Gasteiger partial charge in [0.05, 0.1) is 12.2 Å². The molecule has 0 spiro atoms. The van der Waals surface area contributed by atoms with Crippen molar-refractivity contribution in [3.8, 4) is 11.1 Å². The highest BCUT2D eigenvalue weighted by Gasteiger charge is 2.13. The predicted molar refractivity (Wildman–Crippen MR) is 105 cm³/mol. The first-order valence-corrected chi connectivity index (χ1v) is 8.67. The van der Waals surface area contributed by atoms with E-state index in [9.17, 15) is 4.79 Å². The van der Waals surface area contributed by atoms with E-state index in [1.165, 1.54) is 0 Å². The van der Waals surface area contributed by atoms with E-state index in [1.54, 1.807) is 12.3 Å². The fourth-order valence-electron chi connectivity index (χ4n) is 2.90. The summed E-state index contributed by atoms with van der Waals surface area (Å²) in [6.45, 7) is 3.96. The molecule has 0 fully saturated rings. The molecule has 2 aromatic carbocycles. The number of aromatic nitrogens is 2. The quantitative estimate of drug-likeness (QED) is 0.701. The molecule has 1 aromatic heterocycles. The lowest BCUT2D eigenvalue weighted by Gasteiger charge is -2.12. The SMILES string of the molecule is Cc1c(C(C)NC(=O)C=Cc2cccc(-c3ccccc3)c2)cnn1C. The smallest absolute Gasteiger partial charge is 0.244 e. The maximum Gasteiger partial charge on any atom is 0.244 e. The molecule has 0 radical (unpaired) electrons. The molecule has 4 heteroatoms. The van der Waals surface area contributed by atoms with E-state index in [0.717, 1.165) is 27.9 Å². The Morgan fingerprint density at radius 3 is 2.54 bits per heavy atom. The fourth-order valence-corrected chi connectivity index (χ4v) is 2.90. The zero-order valence-corrected chi connectivity index (χ0v) is 15.3. The van der Waals surface area contributed by atoms with E-state index >= 15 is 0 Å². The number of rotatable bonds is 5. The van der Waals surface area contributed by atoms with Crippen LogP contribution in [0.3, 0.4) is 0 Å². The summed E-state index contributed by atoms with van der Waals surface area (Å²) in [5, 5.41) is 7.21. The molecule has 0 aliphatic carbocycles. The number of amides is 1. The van der Waals surface area contributed by atoms with Crippen LogP contribution in [0.25, 0.3) is 17.2 Å². The fraction of sp³-hybridized carbons (Fsp3) is 0.182. The number of hydrogen-bond acceptors (Lipinski definition) is 2. The normalized spacial score (nSPS) is 12.3. The van der Waals surface area contributed by atoms with Crippen LogP contribution < -0.4 is 5.32 Å². The Kier molecular flexibility index (Phi) is 5.32. The molecule has 0 bridgehead atoms. The van der Waals surface area contributed by atoms with Gasteiger partial charge in [-0.2, -0.15) is 5.10 Å². The summed E-state index contributed by atoms with van der Waals surface area (Å²) in [7, 11) is 1.90. The molecular formula is C22H23N3O. The molecule has 132 valence electrons. The molecule has 1 unspecified atom stereocenters. The van der Waals surface area contributed by atoms with E-state index in [0.29, 0.717) is 0 Å². The summed E-state index contributed by atoms with van der Waals surface area (Å²) in [5.74, 6) is -0.120. The molecule has 1 amide bonds. The van der Waals surface area contributed by atoms with Crippen molar-refractivity contribution in [3.63, 3.8) is 0 Å². The molecule has 0 aliphatic rings. The number of nitrogens with one attached hydrogen (secondary N) is 1. The van der Waals surface area contributed by atoms with E-state index in [4.69, 9.17) is 0 Å². The van der Waals surface area contributed by atoms with E-state index < -0.39 is 0 Å². The maximum absolute atomic E-state index is 12.2. The molecule has 3 aromatic rings. The summed E-state index contributed by atoms with van der Waals surface area (Å²) >= 11 is 0. The number of aryl methyl sites for hydroxylation is 1. The summed E-state index contributed by atoms with van der Waals surface area (Å²) in [5.41, 5.74) is 5.37. The Morgan fingerprint density at radius 2 is 1.85 bits per heavy atom. The average Bonchev–Trinajstić information content (AvgIpc) is 3.00. The largest absolute Gasteiger partial charge is 0.346 e. The van der Waals surface area contributed by atoms with Crippen molar-refractivity contribution < 1.29 is 4.79 Å². The highest BCUT2D eigenvalue weighted by molar-refractivity contribution is 5.92. The Hall–Kier alpha value is -3.14. The number of nitrogens with zero attached hydrogens (tertiary/aromatic N) is 2. The van der Waals surface area contributed by atoms with Crippen molar-refractivity contribution in [2.45, 2.75) is 19.9 Å². The van der Waals surface area contributed by atoms with Gasteiger partial charge in [0.25, 0.3) is 0 Å². The van der Waals surface area contributed by atoms with E-state index in [1.807, 2.05) is 62.0 Å². The second kappa shape index (κ2) is 7.83. The van der Waals surface area contributed by atoms with Crippen LogP contribution >= 0.6 is 0 Å². The molecule has 4 nitrogen and oxygen atoms in total. The molecule has 1 heterocycles. The van der Waals surface area contributed by atoms with Crippen molar-refractivity contribution in [1.29, 1.82) is 0 Å². The van der Waals surface area contributed by atoms with Gasteiger partial charge in [-0.15, -0.1) is 0 Å². The maximum atomic E-state index is 12.2. The minimum atomic E-state index is -0.120. The first kappa shape index (κ1) is 17.7. The van der Waals surface area contributed by atoms with Gasteiger partial charge >= 0.3 is 0 Å². The molecule has 1 atom stereocenters. The van der Waals surface area contributed by atoms with Crippen LogP contribution in [-0.2, 0) is 11.8 Å².